The van der Waals surface area contributed by atoms with Crippen molar-refractivity contribution in [2.45, 2.75) is 32.5 Å². The highest BCUT2D eigenvalue weighted by Crippen LogP contribution is 2.38. The average Bonchev–Trinajstić information content (AvgIpc) is 3.38. The maximum atomic E-state index is 12.8. The van der Waals surface area contributed by atoms with Crippen molar-refractivity contribution in [3.05, 3.63) is 40.3 Å². The van der Waals surface area contributed by atoms with Gasteiger partial charge >= 0.3 is 5.97 Å². The zero-order chi connectivity index (χ0) is 22.0. The molecule has 0 atom stereocenters. The van der Waals surface area contributed by atoms with Crippen LogP contribution in [-0.4, -0.2) is 62.5 Å². The molecule has 0 unspecified atom stereocenters. The van der Waals surface area contributed by atoms with Crippen molar-refractivity contribution in [2.75, 3.05) is 45.3 Å². The molecule has 2 saturated heterocycles. The largest absolute Gasteiger partial charge is 0.465 e. The van der Waals surface area contributed by atoms with Gasteiger partial charge in [-0.25, -0.2) is 4.79 Å². The summed E-state index contributed by atoms with van der Waals surface area (Å²) in [5.41, 5.74) is 4.31. The molecule has 2 aliphatic rings. The zero-order valence-corrected chi connectivity index (χ0v) is 19.0. The molecule has 0 radical (unpaired) electrons. The second-order valence-corrected chi connectivity index (χ2v) is 8.98. The lowest BCUT2D eigenvalue weighted by molar-refractivity contribution is -0.185. The van der Waals surface area contributed by atoms with Gasteiger partial charge in [-0.05, 0) is 25.0 Å². The van der Waals surface area contributed by atoms with Gasteiger partial charge in [0.2, 0.25) is 5.91 Å². The molecule has 1 aromatic heterocycles. The molecule has 1 spiro atoms. The summed E-state index contributed by atoms with van der Waals surface area (Å²) in [5.74, 6) is -1.06. The van der Waals surface area contributed by atoms with E-state index in [4.69, 9.17) is 14.2 Å². The van der Waals surface area contributed by atoms with Crippen LogP contribution in [0.25, 0.3) is 11.1 Å². The monoisotopic (exact) mass is 444 g/mol. The second-order valence-electron chi connectivity index (χ2n) is 8.10. The van der Waals surface area contributed by atoms with Gasteiger partial charge in [-0.1, -0.05) is 23.8 Å². The highest BCUT2D eigenvalue weighted by atomic mass is 32.1. The number of nitrogens with zero attached hydrogens (tertiary/aromatic N) is 1. The first-order chi connectivity index (χ1) is 14.9. The molecule has 2 fully saturated rings. The molecule has 2 aliphatic heterocycles. The third kappa shape index (κ3) is 4.67. The Bertz CT molecular complexity index is 970. The number of amides is 1. The molecule has 1 N–H and O–H groups in total. The van der Waals surface area contributed by atoms with E-state index in [0.29, 0.717) is 23.8 Å². The molecule has 2 aromatic rings. The molecule has 7 nitrogen and oxygen atoms in total. The first-order valence-electron chi connectivity index (χ1n) is 10.5. The van der Waals surface area contributed by atoms with Crippen molar-refractivity contribution in [3.8, 4) is 11.1 Å². The Labute approximate surface area is 186 Å². The van der Waals surface area contributed by atoms with Crippen molar-refractivity contribution < 1.29 is 23.8 Å². The zero-order valence-electron chi connectivity index (χ0n) is 18.2. The van der Waals surface area contributed by atoms with E-state index in [9.17, 15) is 9.59 Å². The Morgan fingerprint density at radius 2 is 1.87 bits per heavy atom. The number of nitrogens with one attached hydrogen (secondary N) is 1. The highest BCUT2D eigenvalue weighted by molar-refractivity contribution is 7.15. The third-order valence-corrected chi connectivity index (χ3v) is 6.81. The summed E-state index contributed by atoms with van der Waals surface area (Å²) in [7, 11) is 1.36. The van der Waals surface area contributed by atoms with Crippen LogP contribution in [0.5, 0.6) is 0 Å². The van der Waals surface area contributed by atoms with E-state index in [1.54, 1.807) is 0 Å². The van der Waals surface area contributed by atoms with Gasteiger partial charge in [0.25, 0.3) is 0 Å². The van der Waals surface area contributed by atoms with E-state index < -0.39 is 11.8 Å². The van der Waals surface area contributed by atoms with Gasteiger partial charge in [0, 0.05) is 36.9 Å². The number of likely N-dealkylation sites (tertiary alicyclic amines) is 1. The van der Waals surface area contributed by atoms with Crippen molar-refractivity contribution >= 4 is 28.2 Å². The van der Waals surface area contributed by atoms with Crippen LogP contribution in [0.3, 0.4) is 0 Å². The maximum absolute atomic E-state index is 12.8. The number of piperidine rings is 1. The minimum Gasteiger partial charge on any atom is -0.465 e. The predicted octanol–water partition coefficient (Wildman–Crippen LogP) is 3.60. The number of esters is 1. The van der Waals surface area contributed by atoms with Crippen LogP contribution < -0.4 is 5.32 Å². The van der Waals surface area contributed by atoms with Crippen LogP contribution in [0.2, 0.25) is 0 Å². The van der Waals surface area contributed by atoms with E-state index in [1.807, 2.05) is 37.4 Å². The number of aryl methyl sites for hydroxylation is 2. The number of ether oxygens (including phenoxy) is 3. The van der Waals surface area contributed by atoms with E-state index in [-0.39, 0.29) is 12.5 Å². The summed E-state index contributed by atoms with van der Waals surface area (Å²) in [6, 6.07) is 6.12. The predicted molar refractivity (Wildman–Crippen MR) is 120 cm³/mol. The lowest BCUT2D eigenvalue weighted by Gasteiger charge is -2.37. The fourth-order valence-corrected chi connectivity index (χ4v) is 5.15. The first kappa shape index (κ1) is 22.0. The van der Waals surface area contributed by atoms with Gasteiger partial charge in [-0.15, -0.1) is 11.3 Å². The van der Waals surface area contributed by atoms with Crippen LogP contribution >= 0.6 is 11.3 Å². The molecule has 0 bridgehead atoms. The number of methoxy groups -OCH3 is 1. The maximum Gasteiger partial charge on any atom is 0.341 e. The van der Waals surface area contributed by atoms with Gasteiger partial charge in [0.1, 0.15) is 10.6 Å². The lowest BCUT2D eigenvalue weighted by Crippen LogP contribution is -2.47. The molecule has 8 heteroatoms. The Morgan fingerprint density at radius 3 is 2.55 bits per heavy atom. The fourth-order valence-electron chi connectivity index (χ4n) is 4.19. The quantitative estimate of drug-likeness (QED) is 0.710. The van der Waals surface area contributed by atoms with Gasteiger partial charge < -0.3 is 19.5 Å². The number of thiophene rings is 1. The molecule has 3 heterocycles. The van der Waals surface area contributed by atoms with Crippen molar-refractivity contribution in [1.82, 2.24) is 4.90 Å². The Hall–Kier alpha value is -2.26. The molecule has 0 aliphatic carbocycles. The molecule has 4 rings (SSSR count). The third-order valence-electron chi connectivity index (χ3n) is 5.92. The molecule has 1 aromatic carbocycles. The van der Waals surface area contributed by atoms with Gasteiger partial charge in [-0.3, -0.25) is 9.69 Å². The van der Waals surface area contributed by atoms with Crippen LogP contribution in [0, 0.1) is 13.8 Å². The smallest absolute Gasteiger partial charge is 0.341 e. The number of hydrogen-bond donors (Lipinski definition) is 1. The Balaban J connectivity index is 1.48. The van der Waals surface area contributed by atoms with Gasteiger partial charge in [0.15, 0.2) is 5.79 Å². The summed E-state index contributed by atoms with van der Waals surface area (Å²) in [4.78, 5) is 27.4. The van der Waals surface area contributed by atoms with Crippen LogP contribution in [0.4, 0.5) is 5.00 Å². The average molecular weight is 445 g/mol. The second kappa shape index (κ2) is 9.08. The summed E-state index contributed by atoms with van der Waals surface area (Å²) in [5, 5.41) is 5.36. The molecule has 31 heavy (non-hydrogen) atoms. The van der Waals surface area contributed by atoms with Gasteiger partial charge in [0.05, 0.1) is 26.9 Å². The Kier molecular flexibility index (Phi) is 6.43. The number of hydrogen-bond acceptors (Lipinski definition) is 7. The van der Waals surface area contributed by atoms with Crippen molar-refractivity contribution in [2.24, 2.45) is 0 Å². The molecule has 1 amide bonds. The summed E-state index contributed by atoms with van der Waals surface area (Å²) in [6.45, 7) is 7.01. The van der Waals surface area contributed by atoms with Crippen LogP contribution in [0.1, 0.15) is 34.3 Å². The van der Waals surface area contributed by atoms with Crippen LogP contribution in [0.15, 0.2) is 23.6 Å². The van der Waals surface area contributed by atoms with Crippen molar-refractivity contribution in [3.63, 3.8) is 0 Å². The first-order valence-corrected chi connectivity index (χ1v) is 11.4. The Morgan fingerprint density at radius 1 is 1.16 bits per heavy atom. The summed E-state index contributed by atoms with van der Waals surface area (Å²) in [6.07, 6.45) is 1.51. The molecule has 166 valence electrons. The SMILES string of the molecule is COC(=O)c1c(-c2cc(C)ccc2C)csc1NC(=O)CN1CCC2(CC1)OCCO2. The van der Waals surface area contributed by atoms with E-state index in [1.165, 1.54) is 18.4 Å². The number of rotatable bonds is 5. The van der Waals surface area contributed by atoms with E-state index in [0.717, 1.165) is 48.2 Å². The normalized spacial score (nSPS) is 18.3. The standard InChI is InChI=1S/C23H28N2O5S/c1-15-4-5-16(2)17(12-15)18-14-31-21(20(18)22(27)28-3)24-19(26)13-25-8-6-23(7-9-25)29-10-11-30-23/h4-5,12,14H,6-11,13H2,1-3H3,(H,24,26). The number of carbonyl (C=O) groups excluding carboxylic acids is 2. The minimum atomic E-state index is -0.459. The van der Waals surface area contributed by atoms with Crippen molar-refractivity contribution in [1.29, 1.82) is 0 Å². The fraction of sp³-hybridized carbons (Fsp3) is 0.478. The van der Waals surface area contributed by atoms with Gasteiger partial charge in [-0.2, -0.15) is 0 Å². The number of carbonyl (C=O) groups is 2. The number of benzene rings is 1. The molecular formula is C23H28N2O5S. The molecular weight excluding hydrogens is 416 g/mol. The highest BCUT2D eigenvalue weighted by Gasteiger charge is 2.40. The topological polar surface area (TPSA) is 77.1 Å². The summed E-state index contributed by atoms with van der Waals surface area (Å²) < 4.78 is 16.5. The van der Waals surface area contributed by atoms with E-state index >= 15 is 0 Å². The molecule has 0 saturated carbocycles. The number of anilines is 1. The minimum absolute atomic E-state index is 0.149. The van der Waals surface area contributed by atoms with Crippen LogP contribution in [-0.2, 0) is 19.0 Å². The van der Waals surface area contributed by atoms with E-state index in [2.05, 4.69) is 10.2 Å². The summed E-state index contributed by atoms with van der Waals surface area (Å²) >= 11 is 1.34. The lowest BCUT2D eigenvalue weighted by atomic mass is 9.97.